The molecule has 4 aromatic rings. The van der Waals surface area contributed by atoms with E-state index in [1.54, 1.807) is 32.4 Å². The van der Waals surface area contributed by atoms with Crippen molar-refractivity contribution in [1.82, 2.24) is 9.47 Å². The Morgan fingerprint density at radius 3 is 2.38 bits per heavy atom. The van der Waals surface area contributed by atoms with Crippen molar-refractivity contribution in [2.75, 3.05) is 14.2 Å². The molecular weight excluding hydrogens is 448 g/mol. The topological polar surface area (TPSA) is 43.7 Å². The molecule has 0 aliphatic carbocycles. The lowest BCUT2D eigenvalue weighted by atomic mass is 10.1. The molecule has 0 atom stereocenters. The standard InChI is InChI=1S/C28H27ClN2O3/c1-33-24-14-15-25(27(17-24)34-2)28(32)31(18-21-9-4-3-5-10-21)20-23-12-8-16-30(23)19-22-11-6-7-13-26(22)29/h3-17H,18-20H2,1-2H3. The molecule has 34 heavy (non-hydrogen) atoms. The monoisotopic (exact) mass is 474 g/mol. The van der Waals surface area contributed by atoms with Crippen molar-refractivity contribution in [1.29, 1.82) is 0 Å². The summed E-state index contributed by atoms with van der Waals surface area (Å²) < 4.78 is 12.9. The van der Waals surface area contributed by atoms with Crippen LogP contribution in [-0.2, 0) is 19.6 Å². The SMILES string of the molecule is COc1ccc(C(=O)N(Cc2ccccc2)Cc2cccn2Cc2ccccc2Cl)c(OC)c1. The van der Waals surface area contributed by atoms with E-state index in [2.05, 4.69) is 4.57 Å². The Bertz CT molecular complexity index is 1250. The average Bonchev–Trinajstić information content (AvgIpc) is 3.31. The molecule has 5 nitrogen and oxygen atoms in total. The summed E-state index contributed by atoms with van der Waals surface area (Å²) in [6.07, 6.45) is 2.01. The van der Waals surface area contributed by atoms with Crippen LogP contribution in [0.2, 0.25) is 5.02 Å². The number of hydrogen-bond acceptors (Lipinski definition) is 3. The molecule has 0 aliphatic heterocycles. The van der Waals surface area contributed by atoms with Crippen LogP contribution < -0.4 is 9.47 Å². The third-order valence-electron chi connectivity index (χ3n) is 5.72. The highest BCUT2D eigenvalue weighted by atomic mass is 35.5. The fourth-order valence-corrected chi connectivity index (χ4v) is 4.10. The van der Waals surface area contributed by atoms with Crippen molar-refractivity contribution >= 4 is 17.5 Å². The highest BCUT2D eigenvalue weighted by Gasteiger charge is 2.22. The van der Waals surface area contributed by atoms with Gasteiger partial charge in [0.05, 0.1) is 26.3 Å². The van der Waals surface area contributed by atoms with Gasteiger partial charge in [-0.05, 0) is 41.5 Å². The number of methoxy groups -OCH3 is 2. The fraction of sp³-hybridized carbons (Fsp3) is 0.179. The highest BCUT2D eigenvalue weighted by Crippen LogP contribution is 2.27. The van der Waals surface area contributed by atoms with E-state index in [0.29, 0.717) is 36.7 Å². The quantitative estimate of drug-likeness (QED) is 0.296. The van der Waals surface area contributed by atoms with Gasteiger partial charge in [0.15, 0.2) is 0 Å². The van der Waals surface area contributed by atoms with Crippen LogP contribution in [0.1, 0.15) is 27.2 Å². The molecule has 0 unspecified atom stereocenters. The fourth-order valence-electron chi connectivity index (χ4n) is 3.90. The first-order valence-electron chi connectivity index (χ1n) is 11.0. The van der Waals surface area contributed by atoms with Gasteiger partial charge < -0.3 is 18.9 Å². The number of aromatic nitrogens is 1. The van der Waals surface area contributed by atoms with Crippen LogP contribution in [0.25, 0.3) is 0 Å². The van der Waals surface area contributed by atoms with Gasteiger partial charge >= 0.3 is 0 Å². The van der Waals surface area contributed by atoms with Gasteiger partial charge in [-0.2, -0.15) is 0 Å². The van der Waals surface area contributed by atoms with E-state index in [1.807, 2.05) is 77.8 Å². The first kappa shape index (κ1) is 23.5. The predicted octanol–water partition coefficient (Wildman–Crippen LogP) is 6.05. The molecule has 0 radical (unpaired) electrons. The van der Waals surface area contributed by atoms with E-state index in [-0.39, 0.29) is 5.91 Å². The molecule has 6 heteroatoms. The Morgan fingerprint density at radius 1 is 0.882 bits per heavy atom. The van der Waals surface area contributed by atoms with Gasteiger partial charge in [-0.15, -0.1) is 0 Å². The van der Waals surface area contributed by atoms with E-state index >= 15 is 0 Å². The van der Waals surface area contributed by atoms with Crippen LogP contribution in [0.3, 0.4) is 0 Å². The molecule has 174 valence electrons. The second-order valence-corrected chi connectivity index (χ2v) is 8.34. The first-order valence-corrected chi connectivity index (χ1v) is 11.4. The molecular formula is C28H27ClN2O3. The Labute approximate surface area is 205 Å². The molecule has 1 amide bonds. The van der Waals surface area contributed by atoms with Crippen molar-refractivity contribution in [2.45, 2.75) is 19.6 Å². The van der Waals surface area contributed by atoms with Crippen LogP contribution in [0.4, 0.5) is 0 Å². The van der Waals surface area contributed by atoms with Gasteiger partial charge in [0, 0.05) is 36.1 Å². The van der Waals surface area contributed by atoms with E-state index in [0.717, 1.165) is 21.8 Å². The predicted molar refractivity (Wildman–Crippen MR) is 135 cm³/mol. The Balaban J connectivity index is 1.65. The Hall–Kier alpha value is -3.70. The number of carbonyl (C=O) groups is 1. The molecule has 1 aromatic heterocycles. The maximum Gasteiger partial charge on any atom is 0.258 e. The van der Waals surface area contributed by atoms with E-state index in [9.17, 15) is 4.79 Å². The molecule has 1 heterocycles. The normalized spacial score (nSPS) is 10.7. The number of hydrogen-bond donors (Lipinski definition) is 0. The minimum absolute atomic E-state index is 0.117. The van der Waals surface area contributed by atoms with Gasteiger partial charge in [-0.3, -0.25) is 4.79 Å². The van der Waals surface area contributed by atoms with Crippen molar-refractivity contribution in [3.05, 3.63) is 119 Å². The molecule has 0 saturated carbocycles. The Kier molecular flexibility index (Phi) is 7.55. The van der Waals surface area contributed by atoms with Crippen molar-refractivity contribution in [3.8, 4) is 11.5 Å². The smallest absolute Gasteiger partial charge is 0.258 e. The zero-order valence-electron chi connectivity index (χ0n) is 19.3. The van der Waals surface area contributed by atoms with Gasteiger partial charge in [0.25, 0.3) is 5.91 Å². The zero-order chi connectivity index (χ0) is 23.9. The molecule has 3 aromatic carbocycles. The van der Waals surface area contributed by atoms with Crippen molar-refractivity contribution in [2.24, 2.45) is 0 Å². The number of halogens is 1. The number of nitrogens with zero attached hydrogens (tertiary/aromatic N) is 2. The first-order chi connectivity index (χ1) is 16.6. The summed E-state index contributed by atoms with van der Waals surface area (Å²) in [7, 11) is 3.15. The summed E-state index contributed by atoms with van der Waals surface area (Å²) in [6.45, 7) is 1.52. The number of benzene rings is 3. The van der Waals surface area contributed by atoms with Crippen LogP contribution in [0, 0.1) is 0 Å². The van der Waals surface area contributed by atoms with Gasteiger partial charge in [-0.25, -0.2) is 0 Å². The Morgan fingerprint density at radius 2 is 1.65 bits per heavy atom. The highest BCUT2D eigenvalue weighted by molar-refractivity contribution is 6.31. The molecule has 4 rings (SSSR count). The number of amides is 1. The maximum atomic E-state index is 13.8. The van der Waals surface area contributed by atoms with Crippen LogP contribution >= 0.6 is 11.6 Å². The lowest BCUT2D eigenvalue weighted by Gasteiger charge is -2.25. The van der Waals surface area contributed by atoms with Crippen LogP contribution in [0.5, 0.6) is 11.5 Å². The van der Waals surface area contributed by atoms with Crippen LogP contribution in [0.15, 0.2) is 91.1 Å². The minimum atomic E-state index is -0.117. The summed E-state index contributed by atoms with van der Waals surface area (Å²) in [6, 6.07) is 27.1. The second-order valence-electron chi connectivity index (χ2n) is 7.93. The molecule has 0 N–H and O–H groups in total. The minimum Gasteiger partial charge on any atom is -0.497 e. The van der Waals surface area contributed by atoms with Crippen molar-refractivity contribution < 1.29 is 14.3 Å². The lowest BCUT2D eigenvalue weighted by Crippen LogP contribution is -2.31. The second kappa shape index (κ2) is 10.9. The summed E-state index contributed by atoms with van der Waals surface area (Å²) in [5.41, 5.74) is 3.58. The molecule has 0 bridgehead atoms. The summed E-state index contributed by atoms with van der Waals surface area (Å²) in [5, 5.41) is 0.724. The summed E-state index contributed by atoms with van der Waals surface area (Å²) in [4.78, 5) is 15.6. The third-order valence-corrected chi connectivity index (χ3v) is 6.09. The zero-order valence-corrected chi connectivity index (χ0v) is 20.0. The van der Waals surface area contributed by atoms with Crippen molar-refractivity contribution in [3.63, 3.8) is 0 Å². The summed E-state index contributed by atoms with van der Waals surface area (Å²) >= 11 is 6.39. The number of rotatable bonds is 9. The number of ether oxygens (including phenoxy) is 2. The molecule has 0 aliphatic rings. The van der Waals surface area contributed by atoms with E-state index in [4.69, 9.17) is 21.1 Å². The lowest BCUT2D eigenvalue weighted by molar-refractivity contribution is 0.0722. The molecule has 0 saturated heterocycles. The van der Waals surface area contributed by atoms with Gasteiger partial charge in [0.2, 0.25) is 0 Å². The maximum absolute atomic E-state index is 13.8. The van der Waals surface area contributed by atoms with E-state index in [1.165, 1.54) is 0 Å². The van der Waals surface area contributed by atoms with Crippen LogP contribution in [-0.4, -0.2) is 29.6 Å². The average molecular weight is 475 g/mol. The summed E-state index contributed by atoms with van der Waals surface area (Å²) in [5.74, 6) is 0.999. The molecule has 0 spiro atoms. The third kappa shape index (κ3) is 5.43. The molecule has 0 fully saturated rings. The van der Waals surface area contributed by atoms with Gasteiger partial charge in [0.1, 0.15) is 11.5 Å². The van der Waals surface area contributed by atoms with E-state index < -0.39 is 0 Å². The largest absolute Gasteiger partial charge is 0.497 e. The van der Waals surface area contributed by atoms with Gasteiger partial charge in [-0.1, -0.05) is 60.1 Å². The number of carbonyl (C=O) groups excluding carboxylic acids is 1.